The first-order valence-electron chi connectivity index (χ1n) is 6.75. The topological polar surface area (TPSA) is 99.2 Å². The highest BCUT2D eigenvalue weighted by molar-refractivity contribution is 9.10. The van der Waals surface area contributed by atoms with Crippen LogP contribution < -0.4 is 21.9 Å². The van der Waals surface area contributed by atoms with Gasteiger partial charge in [-0.15, -0.1) is 12.4 Å². The molecule has 1 aliphatic heterocycles. The minimum Gasteiger partial charge on any atom is -0.353 e. The molecule has 8 nitrogen and oxygen atoms in total. The van der Waals surface area contributed by atoms with Crippen molar-refractivity contribution in [1.82, 2.24) is 25.1 Å². The number of rotatable bonds is 5. The number of carbonyl (C=O) groups excluding carboxylic acids is 1. The summed E-state index contributed by atoms with van der Waals surface area (Å²) in [4.78, 5) is 38.9. The van der Waals surface area contributed by atoms with Gasteiger partial charge in [-0.05, 0) is 15.9 Å². The first-order chi connectivity index (χ1) is 10.1. The number of nitrogens with one attached hydrogen (secondary N) is 3. The molecule has 0 bridgehead atoms. The fraction of sp³-hybridized carbons (Fsp3) is 0.583. The molecule has 0 spiro atoms. The Hall–Kier alpha value is -1.16. The number of H-pyrrole nitrogens is 1. The molecular formula is C12H19BrClN5O3. The van der Waals surface area contributed by atoms with Crippen LogP contribution in [0.3, 0.4) is 0 Å². The summed E-state index contributed by atoms with van der Waals surface area (Å²) in [5.74, 6) is -0.258. The van der Waals surface area contributed by atoms with E-state index < -0.39 is 11.2 Å². The van der Waals surface area contributed by atoms with E-state index in [-0.39, 0.29) is 29.3 Å². The standard InChI is InChI=1S/C12H18BrN5O3.ClH/c13-9-7-18(12(21)16-11(9)20)8-10(19)15-3-6-17-4-1-14-2-5-17;/h7,14H,1-6,8H2,(H,15,19)(H,16,20,21);1H. The molecule has 0 aliphatic carbocycles. The average Bonchev–Trinajstić information content (AvgIpc) is 2.46. The molecule has 2 rings (SSSR count). The molecule has 0 saturated carbocycles. The molecule has 1 aromatic heterocycles. The molecule has 3 N–H and O–H groups in total. The van der Waals surface area contributed by atoms with Crippen molar-refractivity contribution in [1.29, 1.82) is 0 Å². The van der Waals surface area contributed by atoms with E-state index in [4.69, 9.17) is 0 Å². The van der Waals surface area contributed by atoms with Gasteiger partial charge < -0.3 is 10.6 Å². The largest absolute Gasteiger partial charge is 0.353 e. The lowest BCUT2D eigenvalue weighted by Gasteiger charge is -2.27. The van der Waals surface area contributed by atoms with Crippen LogP contribution in [0.4, 0.5) is 0 Å². The first-order valence-corrected chi connectivity index (χ1v) is 7.54. The summed E-state index contributed by atoms with van der Waals surface area (Å²) in [6.45, 7) is 5.10. The number of piperazine rings is 1. The number of aromatic amines is 1. The molecule has 0 radical (unpaired) electrons. The monoisotopic (exact) mass is 395 g/mol. The molecule has 1 aromatic rings. The van der Waals surface area contributed by atoms with Gasteiger partial charge in [-0.1, -0.05) is 0 Å². The van der Waals surface area contributed by atoms with Crippen LogP contribution in [0, 0.1) is 0 Å². The minimum absolute atomic E-state index is 0. The van der Waals surface area contributed by atoms with Gasteiger partial charge >= 0.3 is 5.69 Å². The fourth-order valence-corrected chi connectivity index (χ4v) is 2.45. The van der Waals surface area contributed by atoms with E-state index in [0.717, 1.165) is 37.3 Å². The fourth-order valence-electron chi connectivity index (χ4n) is 2.10. The second-order valence-corrected chi connectivity index (χ2v) is 5.66. The highest BCUT2D eigenvalue weighted by Gasteiger charge is 2.10. The molecule has 0 aromatic carbocycles. The second kappa shape index (κ2) is 9.09. The van der Waals surface area contributed by atoms with Crippen LogP contribution >= 0.6 is 28.3 Å². The van der Waals surface area contributed by atoms with E-state index in [1.807, 2.05) is 0 Å². The predicted octanol–water partition coefficient (Wildman–Crippen LogP) is -1.26. The Labute approximate surface area is 141 Å². The summed E-state index contributed by atoms with van der Waals surface area (Å²) in [5.41, 5.74) is -1.10. The van der Waals surface area contributed by atoms with Crippen molar-refractivity contribution in [3.8, 4) is 0 Å². The minimum atomic E-state index is -0.597. The summed E-state index contributed by atoms with van der Waals surface area (Å²) in [6, 6.07) is 0. The maximum absolute atomic E-state index is 11.8. The summed E-state index contributed by atoms with van der Waals surface area (Å²) in [7, 11) is 0. The van der Waals surface area contributed by atoms with E-state index in [2.05, 4.69) is 36.4 Å². The predicted molar refractivity (Wildman–Crippen MR) is 88.6 cm³/mol. The van der Waals surface area contributed by atoms with Gasteiger partial charge in [-0.3, -0.25) is 24.0 Å². The molecule has 1 aliphatic rings. The molecule has 1 amide bonds. The van der Waals surface area contributed by atoms with Crippen LogP contribution in [0.1, 0.15) is 0 Å². The Kier molecular flexibility index (Phi) is 7.80. The van der Waals surface area contributed by atoms with Crippen LogP contribution in [-0.2, 0) is 11.3 Å². The van der Waals surface area contributed by atoms with Gasteiger partial charge in [0.05, 0.1) is 4.47 Å². The highest BCUT2D eigenvalue weighted by atomic mass is 79.9. The van der Waals surface area contributed by atoms with Gasteiger partial charge in [0.25, 0.3) is 5.56 Å². The molecule has 1 fully saturated rings. The Balaban J connectivity index is 0.00000242. The number of hydrogen-bond acceptors (Lipinski definition) is 5. The van der Waals surface area contributed by atoms with Gasteiger partial charge in [-0.2, -0.15) is 0 Å². The lowest BCUT2D eigenvalue weighted by Crippen LogP contribution is -2.46. The second-order valence-electron chi connectivity index (χ2n) is 4.81. The lowest BCUT2D eigenvalue weighted by atomic mass is 10.3. The van der Waals surface area contributed by atoms with Crippen molar-refractivity contribution in [2.24, 2.45) is 0 Å². The summed E-state index contributed by atoms with van der Waals surface area (Å²) in [5, 5.41) is 6.03. The van der Waals surface area contributed by atoms with E-state index in [0.29, 0.717) is 6.54 Å². The van der Waals surface area contributed by atoms with Crippen LogP contribution in [0.5, 0.6) is 0 Å². The zero-order valence-corrected chi connectivity index (χ0v) is 14.3. The molecule has 0 unspecified atom stereocenters. The normalized spacial score (nSPS) is 15.1. The molecule has 0 atom stereocenters. The summed E-state index contributed by atoms with van der Waals surface area (Å²) < 4.78 is 1.38. The van der Waals surface area contributed by atoms with E-state index in [1.165, 1.54) is 6.20 Å². The van der Waals surface area contributed by atoms with Crippen molar-refractivity contribution in [3.05, 3.63) is 31.5 Å². The zero-order chi connectivity index (χ0) is 15.2. The van der Waals surface area contributed by atoms with Crippen molar-refractivity contribution >= 4 is 34.2 Å². The number of nitrogens with zero attached hydrogens (tertiary/aromatic N) is 2. The summed E-state index contributed by atoms with van der Waals surface area (Å²) >= 11 is 3.03. The van der Waals surface area contributed by atoms with Gasteiger partial charge in [0, 0.05) is 45.5 Å². The van der Waals surface area contributed by atoms with Crippen molar-refractivity contribution < 1.29 is 4.79 Å². The number of halogens is 2. The molecule has 124 valence electrons. The number of hydrogen-bond donors (Lipinski definition) is 3. The third-order valence-corrected chi connectivity index (χ3v) is 3.81. The van der Waals surface area contributed by atoms with Crippen LogP contribution in [0.25, 0.3) is 0 Å². The first kappa shape index (κ1) is 18.9. The summed E-state index contributed by atoms with van der Waals surface area (Å²) in [6.07, 6.45) is 1.32. The van der Waals surface area contributed by atoms with Crippen LogP contribution in [0.2, 0.25) is 0 Å². The van der Waals surface area contributed by atoms with E-state index in [9.17, 15) is 14.4 Å². The number of carbonyl (C=O) groups is 1. The Morgan fingerprint density at radius 1 is 1.32 bits per heavy atom. The molecule has 2 heterocycles. The smallest absolute Gasteiger partial charge is 0.328 e. The quantitative estimate of drug-likeness (QED) is 0.577. The third-order valence-electron chi connectivity index (χ3n) is 3.24. The van der Waals surface area contributed by atoms with E-state index in [1.54, 1.807) is 0 Å². The maximum atomic E-state index is 11.8. The van der Waals surface area contributed by atoms with Gasteiger partial charge in [0.2, 0.25) is 5.91 Å². The molecular weight excluding hydrogens is 378 g/mol. The van der Waals surface area contributed by atoms with Crippen molar-refractivity contribution in [3.63, 3.8) is 0 Å². The van der Waals surface area contributed by atoms with Gasteiger partial charge in [0.15, 0.2) is 0 Å². The SMILES string of the molecule is Cl.O=C(Cn1cc(Br)c(=O)[nH]c1=O)NCCN1CCNCC1. The Morgan fingerprint density at radius 3 is 2.68 bits per heavy atom. The number of aromatic nitrogens is 2. The Bertz CT molecular complexity index is 612. The molecule has 22 heavy (non-hydrogen) atoms. The molecule has 1 saturated heterocycles. The van der Waals surface area contributed by atoms with Crippen molar-refractivity contribution in [2.45, 2.75) is 6.54 Å². The van der Waals surface area contributed by atoms with Crippen LogP contribution in [-0.4, -0.2) is 59.6 Å². The highest BCUT2D eigenvalue weighted by Crippen LogP contribution is 1.97. The average molecular weight is 397 g/mol. The van der Waals surface area contributed by atoms with Crippen molar-refractivity contribution in [2.75, 3.05) is 39.3 Å². The third kappa shape index (κ3) is 5.56. The Morgan fingerprint density at radius 2 is 2.00 bits per heavy atom. The van der Waals surface area contributed by atoms with Gasteiger partial charge in [0.1, 0.15) is 6.54 Å². The van der Waals surface area contributed by atoms with E-state index >= 15 is 0 Å². The molecule has 10 heteroatoms. The zero-order valence-electron chi connectivity index (χ0n) is 11.9. The van der Waals surface area contributed by atoms with Gasteiger partial charge in [-0.25, -0.2) is 4.79 Å². The lowest BCUT2D eigenvalue weighted by molar-refractivity contribution is -0.121. The van der Waals surface area contributed by atoms with Crippen LogP contribution in [0.15, 0.2) is 20.3 Å². The number of amides is 1. The maximum Gasteiger partial charge on any atom is 0.328 e.